The van der Waals surface area contributed by atoms with Gasteiger partial charge in [-0.25, -0.2) is 4.98 Å². The van der Waals surface area contributed by atoms with E-state index < -0.39 is 0 Å². The number of halogens is 1. The van der Waals surface area contributed by atoms with E-state index in [1.54, 1.807) is 18.4 Å². The molecule has 0 aliphatic rings. The minimum Gasteiger partial charge on any atom is -0.496 e. The summed E-state index contributed by atoms with van der Waals surface area (Å²) in [6, 6.07) is 6.49. The Balaban J connectivity index is 2.21. The number of hydrogen-bond donors (Lipinski definition) is 1. The second-order valence-electron chi connectivity index (χ2n) is 4.59. The molecule has 108 valence electrons. The van der Waals surface area contributed by atoms with Crippen molar-refractivity contribution < 1.29 is 4.74 Å². The van der Waals surface area contributed by atoms with Crippen molar-refractivity contribution in [2.75, 3.05) is 13.7 Å². The molecule has 1 aromatic carbocycles. The van der Waals surface area contributed by atoms with Crippen molar-refractivity contribution in [1.82, 2.24) is 10.3 Å². The maximum Gasteiger partial charge on any atom is 0.133 e. The molecule has 1 heterocycles. The summed E-state index contributed by atoms with van der Waals surface area (Å²) in [6.07, 6.45) is 0.908. The molecule has 0 spiro atoms. The quantitative estimate of drug-likeness (QED) is 0.847. The minimum atomic E-state index is 0.271. The zero-order valence-electron chi connectivity index (χ0n) is 11.9. The molecule has 0 bridgehead atoms. The standard InChI is InChI=1S/C15H19BrN2OS/c1-4-17-13(8-15-18-10(2)9-20-15)11-5-6-14(19-3)12(16)7-11/h5-7,9,13,17H,4,8H2,1-3H3. The second kappa shape index (κ2) is 7.20. The first-order valence-electron chi connectivity index (χ1n) is 6.61. The van der Waals surface area contributed by atoms with Crippen LogP contribution < -0.4 is 10.1 Å². The van der Waals surface area contributed by atoms with E-state index in [0.717, 1.165) is 28.9 Å². The Morgan fingerprint density at radius 1 is 1.45 bits per heavy atom. The molecular weight excluding hydrogens is 336 g/mol. The van der Waals surface area contributed by atoms with E-state index in [0.29, 0.717) is 0 Å². The van der Waals surface area contributed by atoms with Crippen LogP contribution in [0, 0.1) is 6.92 Å². The summed E-state index contributed by atoms with van der Waals surface area (Å²) in [5.74, 6) is 0.856. The summed E-state index contributed by atoms with van der Waals surface area (Å²) in [5, 5.41) is 6.79. The zero-order valence-corrected chi connectivity index (χ0v) is 14.3. The highest BCUT2D eigenvalue weighted by molar-refractivity contribution is 9.10. The Labute approximate surface area is 132 Å². The van der Waals surface area contributed by atoms with Crippen molar-refractivity contribution in [3.05, 3.63) is 44.3 Å². The van der Waals surface area contributed by atoms with Crippen molar-refractivity contribution in [3.8, 4) is 5.75 Å². The van der Waals surface area contributed by atoms with E-state index in [2.05, 4.69) is 50.7 Å². The third-order valence-corrected chi connectivity index (χ3v) is 4.68. The molecule has 3 nitrogen and oxygen atoms in total. The third kappa shape index (κ3) is 3.81. The fourth-order valence-electron chi connectivity index (χ4n) is 2.12. The Morgan fingerprint density at radius 2 is 2.25 bits per heavy atom. The highest BCUT2D eigenvalue weighted by atomic mass is 79.9. The minimum absolute atomic E-state index is 0.271. The Bertz CT molecular complexity index is 571. The van der Waals surface area contributed by atoms with Gasteiger partial charge in [0.15, 0.2) is 0 Å². The highest BCUT2D eigenvalue weighted by Crippen LogP contribution is 2.29. The topological polar surface area (TPSA) is 34.2 Å². The van der Waals surface area contributed by atoms with Crippen molar-refractivity contribution >= 4 is 27.3 Å². The Kier molecular flexibility index (Phi) is 5.57. The fraction of sp³-hybridized carbons (Fsp3) is 0.400. The number of rotatable bonds is 6. The molecule has 2 aromatic rings. The number of aryl methyl sites for hydroxylation is 1. The van der Waals surface area contributed by atoms with Crippen LogP contribution >= 0.6 is 27.3 Å². The summed E-state index contributed by atoms with van der Waals surface area (Å²) in [7, 11) is 1.68. The van der Waals surface area contributed by atoms with E-state index in [4.69, 9.17) is 4.74 Å². The summed E-state index contributed by atoms with van der Waals surface area (Å²) < 4.78 is 6.27. The number of hydrogen-bond acceptors (Lipinski definition) is 4. The predicted octanol–water partition coefficient (Wildman–Crippen LogP) is 4.12. The van der Waals surface area contributed by atoms with Gasteiger partial charge in [0.1, 0.15) is 5.75 Å². The SMILES string of the molecule is CCNC(Cc1nc(C)cs1)c1ccc(OC)c(Br)c1. The van der Waals surface area contributed by atoms with Gasteiger partial charge in [0.2, 0.25) is 0 Å². The number of thiazole rings is 1. The normalized spacial score (nSPS) is 12.4. The van der Waals surface area contributed by atoms with Crippen LogP contribution in [0.25, 0.3) is 0 Å². The number of ether oxygens (including phenoxy) is 1. The molecule has 1 unspecified atom stereocenters. The van der Waals surface area contributed by atoms with E-state index in [-0.39, 0.29) is 6.04 Å². The highest BCUT2D eigenvalue weighted by Gasteiger charge is 2.14. The summed E-state index contributed by atoms with van der Waals surface area (Å²) >= 11 is 5.27. The second-order valence-corrected chi connectivity index (χ2v) is 6.39. The summed E-state index contributed by atoms with van der Waals surface area (Å²) in [4.78, 5) is 4.56. The number of likely N-dealkylation sites (N-methyl/N-ethyl adjacent to an activating group) is 1. The maximum absolute atomic E-state index is 5.28. The molecule has 2 rings (SSSR count). The molecule has 20 heavy (non-hydrogen) atoms. The molecule has 0 saturated carbocycles. The molecule has 1 atom stereocenters. The van der Waals surface area contributed by atoms with Crippen molar-refractivity contribution in [1.29, 1.82) is 0 Å². The summed E-state index contributed by atoms with van der Waals surface area (Å²) in [5.41, 5.74) is 2.34. The molecule has 0 amide bonds. The van der Waals surface area contributed by atoms with Crippen LogP contribution in [0.3, 0.4) is 0 Å². The molecule has 5 heteroatoms. The number of nitrogens with one attached hydrogen (secondary N) is 1. The fourth-order valence-corrected chi connectivity index (χ4v) is 3.50. The van der Waals surface area contributed by atoms with E-state index in [1.807, 2.05) is 13.0 Å². The van der Waals surface area contributed by atoms with Crippen molar-refractivity contribution in [2.45, 2.75) is 26.3 Å². The van der Waals surface area contributed by atoms with Crippen molar-refractivity contribution in [2.24, 2.45) is 0 Å². The van der Waals surface area contributed by atoms with Gasteiger partial charge >= 0.3 is 0 Å². The lowest BCUT2D eigenvalue weighted by molar-refractivity contribution is 0.411. The van der Waals surface area contributed by atoms with Crippen LogP contribution in [0.15, 0.2) is 28.1 Å². The van der Waals surface area contributed by atoms with Crippen LogP contribution in [-0.2, 0) is 6.42 Å². The molecule has 1 N–H and O–H groups in total. The lowest BCUT2D eigenvalue weighted by Gasteiger charge is -2.18. The lowest BCUT2D eigenvalue weighted by atomic mass is 10.0. The van der Waals surface area contributed by atoms with Crippen LogP contribution in [0.2, 0.25) is 0 Å². The summed E-state index contributed by atoms with van der Waals surface area (Å²) in [6.45, 7) is 5.09. The Morgan fingerprint density at radius 3 is 2.80 bits per heavy atom. The smallest absolute Gasteiger partial charge is 0.133 e. The van der Waals surface area contributed by atoms with Crippen LogP contribution in [0.1, 0.15) is 29.2 Å². The van der Waals surface area contributed by atoms with Gasteiger partial charge in [0.05, 0.1) is 16.6 Å². The molecule has 0 radical (unpaired) electrons. The molecule has 0 saturated heterocycles. The average Bonchev–Trinajstić information content (AvgIpc) is 2.83. The molecule has 0 aliphatic carbocycles. The van der Waals surface area contributed by atoms with E-state index in [1.165, 1.54) is 10.6 Å². The average molecular weight is 355 g/mol. The van der Waals surface area contributed by atoms with Crippen LogP contribution in [-0.4, -0.2) is 18.6 Å². The van der Waals surface area contributed by atoms with Crippen LogP contribution in [0.4, 0.5) is 0 Å². The predicted molar refractivity (Wildman–Crippen MR) is 87.7 cm³/mol. The van der Waals surface area contributed by atoms with Gasteiger partial charge in [-0.3, -0.25) is 0 Å². The van der Waals surface area contributed by atoms with E-state index in [9.17, 15) is 0 Å². The maximum atomic E-state index is 5.28. The van der Waals surface area contributed by atoms with Gasteiger partial charge in [-0.15, -0.1) is 11.3 Å². The number of nitrogens with zero attached hydrogens (tertiary/aromatic N) is 1. The van der Waals surface area contributed by atoms with Crippen LogP contribution in [0.5, 0.6) is 5.75 Å². The van der Waals surface area contributed by atoms with Gasteiger partial charge in [-0.1, -0.05) is 13.0 Å². The largest absolute Gasteiger partial charge is 0.496 e. The van der Waals surface area contributed by atoms with Gasteiger partial charge in [-0.2, -0.15) is 0 Å². The van der Waals surface area contributed by atoms with Gasteiger partial charge in [0, 0.05) is 23.5 Å². The monoisotopic (exact) mass is 354 g/mol. The van der Waals surface area contributed by atoms with Gasteiger partial charge in [0.25, 0.3) is 0 Å². The van der Waals surface area contributed by atoms with Gasteiger partial charge < -0.3 is 10.1 Å². The molecular formula is C15H19BrN2OS. The first-order valence-corrected chi connectivity index (χ1v) is 8.29. The number of aromatic nitrogens is 1. The van der Waals surface area contributed by atoms with E-state index >= 15 is 0 Å². The van der Waals surface area contributed by atoms with Crippen molar-refractivity contribution in [3.63, 3.8) is 0 Å². The van der Waals surface area contributed by atoms with Gasteiger partial charge in [-0.05, 0) is 47.1 Å². The number of methoxy groups -OCH3 is 1. The molecule has 0 aliphatic heterocycles. The first kappa shape index (κ1) is 15.5. The first-order chi connectivity index (χ1) is 9.63. The lowest BCUT2D eigenvalue weighted by Crippen LogP contribution is -2.23. The third-order valence-electron chi connectivity index (χ3n) is 3.07. The Hall–Kier alpha value is -0.910. The molecule has 1 aromatic heterocycles. The zero-order chi connectivity index (χ0) is 14.5. The number of benzene rings is 1. The molecule has 0 fully saturated rings.